The minimum atomic E-state index is -0.932. The number of amides is 1. The zero-order valence-electron chi connectivity index (χ0n) is 17.0. The average Bonchev–Trinajstić information content (AvgIpc) is 3.11. The van der Waals surface area contributed by atoms with Gasteiger partial charge in [0.1, 0.15) is 17.2 Å². The Bertz CT molecular complexity index is 994. The lowest BCUT2D eigenvalue weighted by Gasteiger charge is -2.62. The van der Waals surface area contributed by atoms with Crippen LogP contribution in [0.3, 0.4) is 0 Å². The molecular formula is C21H22N2O6S2. The highest BCUT2D eigenvalue weighted by Crippen LogP contribution is 2.70. The third-order valence-electron chi connectivity index (χ3n) is 6.97. The fourth-order valence-electron chi connectivity index (χ4n) is 5.80. The summed E-state index contributed by atoms with van der Waals surface area (Å²) >= 11 is 0. The molecule has 8 nitrogen and oxygen atoms in total. The first-order valence-corrected chi connectivity index (χ1v) is 12.4. The summed E-state index contributed by atoms with van der Waals surface area (Å²) in [6.45, 7) is 3.43. The normalized spacial score (nSPS) is 44.7. The molecule has 1 N–H and O–H groups in total. The summed E-state index contributed by atoms with van der Waals surface area (Å²) in [6, 6.07) is -0.630. The number of nitrogens with zero attached hydrogens (tertiary/aromatic N) is 2. The molecule has 0 radical (unpaired) electrons. The molecule has 10 heteroatoms. The fraction of sp³-hybridized carbons (Fsp3) is 0.524. The Labute approximate surface area is 187 Å². The van der Waals surface area contributed by atoms with Crippen LogP contribution in [-0.2, 0) is 23.8 Å². The molecule has 0 aliphatic carbocycles. The number of carbonyl (C=O) groups is 2. The van der Waals surface area contributed by atoms with E-state index in [-0.39, 0.29) is 17.9 Å². The van der Waals surface area contributed by atoms with E-state index >= 15 is 0 Å². The summed E-state index contributed by atoms with van der Waals surface area (Å²) in [6.07, 6.45) is 9.44. The predicted octanol–water partition coefficient (Wildman–Crippen LogP) is 2.20. The highest BCUT2D eigenvalue weighted by Gasteiger charge is 2.77. The van der Waals surface area contributed by atoms with Gasteiger partial charge in [0.2, 0.25) is 0 Å². The lowest BCUT2D eigenvalue weighted by atomic mass is 9.95. The van der Waals surface area contributed by atoms with Gasteiger partial charge in [-0.3, -0.25) is 9.59 Å². The van der Waals surface area contributed by atoms with Gasteiger partial charge < -0.3 is 24.2 Å². The Balaban J connectivity index is 1.48. The second-order valence-electron chi connectivity index (χ2n) is 8.74. The molecule has 0 aromatic heterocycles. The van der Waals surface area contributed by atoms with Gasteiger partial charge in [0.25, 0.3) is 5.91 Å². The van der Waals surface area contributed by atoms with E-state index in [1.54, 1.807) is 29.8 Å². The molecule has 7 rings (SSSR count). The van der Waals surface area contributed by atoms with Crippen LogP contribution in [-0.4, -0.2) is 60.9 Å². The summed E-state index contributed by atoms with van der Waals surface area (Å²) in [5.74, 6) is -0.413. The molecule has 0 aromatic carbocycles. The lowest BCUT2D eigenvalue weighted by molar-refractivity contribution is -0.183. The van der Waals surface area contributed by atoms with Crippen molar-refractivity contribution in [3.63, 3.8) is 0 Å². The number of aliphatic hydroxyl groups excluding tert-OH is 1. The van der Waals surface area contributed by atoms with Crippen molar-refractivity contribution in [3.8, 4) is 0 Å². The van der Waals surface area contributed by atoms with Crippen LogP contribution in [0, 0.1) is 5.92 Å². The van der Waals surface area contributed by atoms with Gasteiger partial charge in [-0.15, -0.1) is 0 Å². The first-order valence-electron chi connectivity index (χ1n) is 10.3. The van der Waals surface area contributed by atoms with Crippen LogP contribution >= 0.6 is 21.6 Å². The number of esters is 1. The molecule has 7 aliphatic rings. The van der Waals surface area contributed by atoms with E-state index in [1.165, 1.54) is 34.8 Å². The summed E-state index contributed by atoms with van der Waals surface area (Å²) in [5.41, 5.74) is 1.84. The van der Waals surface area contributed by atoms with Crippen molar-refractivity contribution >= 4 is 33.5 Å². The Morgan fingerprint density at radius 2 is 1.87 bits per heavy atom. The second-order valence-corrected chi connectivity index (χ2v) is 11.5. The third kappa shape index (κ3) is 2.42. The number of hydrogen-bond acceptors (Lipinski definition) is 9. The first-order chi connectivity index (χ1) is 14.9. The van der Waals surface area contributed by atoms with Crippen LogP contribution in [0.25, 0.3) is 0 Å². The topological polar surface area (TPSA) is 88.5 Å². The highest BCUT2D eigenvalue weighted by atomic mass is 33.1. The van der Waals surface area contributed by atoms with E-state index in [2.05, 4.69) is 6.92 Å². The number of piperazine rings is 1. The van der Waals surface area contributed by atoms with Crippen molar-refractivity contribution in [3.05, 3.63) is 48.3 Å². The zero-order chi connectivity index (χ0) is 21.5. The largest absolute Gasteiger partial charge is 0.473 e. The standard InChI is InChI=1S/C21H22N2O6S2/c1-11-3-5-27-9-13-7-20-19(26)23-17-14(10-28-6-4-15(17)29-12(2)24)8-21(23,31-30-20)18(25)22(20)16(11)13/h3-6,9-11,15-18,25H,7-8H2,1-2H3/t11-,15-,16?,17?,18?,20+,21+/m0/s1. The monoisotopic (exact) mass is 462 g/mol. The maximum absolute atomic E-state index is 14.2. The number of aliphatic hydroxyl groups is 1. The maximum atomic E-state index is 14.2. The molecule has 7 aliphatic heterocycles. The first kappa shape index (κ1) is 19.8. The van der Waals surface area contributed by atoms with Crippen LogP contribution in [0.4, 0.5) is 0 Å². The van der Waals surface area contributed by atoms with Gasteiger partial charge in [0.05, 0.1) is 31.1 Å². The number of fused-ring (bicyclic) bond motifs is 3. The molecule has 1 amide bonds. The summed E-state index contributed by atoms with van der Waals surface area (Å²) < 4.78 is 16.6. The SMILES string of the molecule is CC(=O)O[C@H]1C=COC=C2C[C@@]34SS[C@]5(CC6=COC=C[C@H](C)C6N5C3O)C(=O)N4C21. The van der Waals surface area contributed by atoms with Gasteiger partial charge in [-0.05, 0) is 29.2 Å². The van der Waals surface area contributed by atoms with Crippen LogP contribution in [0.5, 0.6) is 0 Å². The molecule has 0 aromatic rings. The van der Waals surface area contributed by atoms with Crippen molar-refractivity contribution in [2.75, 3.05) is 0 Å². The molecule has 3 unspecified atom stereocenters. The third-order valence-corrected chi connectivity index (χ3v) is 10.6. The summed E-state index contributed by atoms with van der Waals surface area (Å²) in [5, 5.41) is 11.8. The molecule has 164 valence electrons. The van der Waals surface area contributed by atoms with Gasteiger partial charge in [-0.2, -0.15) is 0 Å². The number of carbonyl (C=O) groups excluding carboxylic acids is 2. The van der Waals surface area contributed by atoms with Crippen molar-refractivity contribution in [2.45, 2.75) is 60.8 Å². The molecule has 5 fully saturated rings. The fourth-order valence-corrected chi connectivity index (χ4v) is 9.65. The van der Waals surface area contributed by atoms with Gasteiger partial charge >= 0.3 is 5.97 Å². The molecule has 2 bridgehead atoms. The Morgan fingerprint density at radius 1 is 1.16 bits per heavy atom. The number of hydrogen-bond donors (Lipinski definition) is 1. The van der Waals surface area contributed by atoms with Crippen LogP contribution in [0.1, 0.15) is 26.7 Å². The van der Waals surface area contributed by atoms with Gasteiger partial charge in [-0.25, -0.2) is 4.90 Å². The molecule has 7 atom stereocenters. The Hall–Kier alpha value is -1.88. The number of rotatable bonds is 1. The molecule has 7 heterocycles. The highest BCUT2D eigenvalue weighted by molar-refractivity contribution is 8.78. The molecule has 31 heavy (non-hydrogen) atoms. The molecule has 2 spiro atoms. The molecule has 0 saturated carbocycles. The second kappa shape index (κ2) is 6.57. The minimum absolute atomic E-state index is 0.0624. The summed E-state index contributed by atoms with van der Waals surface area (Å²) in [4.78, 5) is 27.9. The van der Waals surface area contributed by atoms with Gasteiger partial charge in [0, 0.05) is 25.8 Å². The van der Waals surface area contributed by atoms with Crippen LogP contribution in [0.15, 0.2) is 48.3 Å². The smallest absolute Gasteiger partial charge is 0.303 e. The van der Waals surface area contributed by atoms with Crippen molar-refractivity contribution in [2.24, 2.45) is 5.92 Å². The predicted molar refractivity (Wildman–Crippen MR) is 113 cm³/mol. The maximum Gasteiger partial charge on any atom is 0.303 e. The van der Waals surface area contributed by atoms with E-state index in [9.17, 15) is 14.7 Å². The van der Waals surface area contributed by atoms with Gasteiger partial charge in [-0.1, -0.05) is 28.5 Å². The molecular weight excluding hydrogens is 440 g/mol. The van der Waals surface area contributed by atoms with E-state index in [0.29, 0.717) is 12.8 Å². The quantitative estimate of drug-likeness (QED) is 0.465. The van der Waals surface area contributed by atoms with Crippen molar-refractivity contribution in [1.29, 1.82) is 0 Å². The average molecular weight is 463 g/mol. The van der Waals surface area contributed by atoms with E-state index in [4.69, 9.17) is 14.2 Å². The summed E-state index contributed by atoms with van der Waals surface area (Å²) in [7, 11) is 3.07. The lowest BCUT2D eigenvalue weighted by Crippen LogP contribution is -2.78. The Morgan fingerprint density at radius 3 is 2.61 bits per heavy atom. The van der Waals surface area contributed by atoms with E-state index in [0.717, 1.165) is 11.1 Å². The van der Waals surface area contributed by atoms with Gasteiger partial charge in [0.15, 0.2) is 4.87 Å². The van der Waals surface area contributed by atoms with E-state index < -0.39 is 34.1 Å². The van der Waals surface area contributed by atoms with Crippen LogP contribution in [0.2, 0.25) is 0 Å². The number of ether oxygens (including phenoxy) is 3. The van der Waals surface area contributed by atoms with Crippen molar-refractivity contribution in [1.82, 2.24) is 9.80 Å². The van der Waals surface area contributed by atoms with Crippen LogP contribution < -0.4 is 0 Å². The zero-order valence-corrected chi connectivity index (χ0v) is 18.6. The van der Waals surface area contributed by atoms with E-state index in [1.807, 2.05) is 11.0 Å². The Kier molecular flexibility index (Phi) is 4.19. The molecule has 5 saturated heterocycles. The van der Waals surface area contributed by atoms with Crippen molar-refractivity contribution < 1.29 is 28.9 Å². The minimum Gasteiger partial charge on any atom is -0.473 e.